The van der Waals surface area contributed by atoms with Gasteiger partial charge in [-0.25, -0.2) is 0 Å². The third-order valence-corrected chi connectivity index (χ3v) is 5.80. The van der Waals surface area contributed by atoms with Crippen molar-refractivity contribution in [3.8, 4) is 0 Å². The van der Waals surface area contributed by atoms with Gasteiger partial charge in [-0.2, -0.15) is 0 Å². The second-order valence-corrected chi connectivity index (χ2v) is 8.39. The third-order valence-electron chi connectivity index (χ3n) is 5.80. The van der Waals surface area contributed by atoms with E-state index in [1.165, 1.54) is 26.0 Å². The first-order valence-corrected chi connectivity index (χ1v) is 10.1. The quantitative estimate of drug-likeness (QED) is 0.530. The molecule has 2 N–H and O–H groups in total. The van der Waals surface area contributed by atoms with Crippen molar-refractivity contribution in [3.63, 3.8) is 0 Å². The summed E-state index contributed by atoms with van der Waals surface area (Å²) in [6, 6.07) is 13.4. The highest BCUT2D eigenvalue weighted by molar-refractivity contribution is 5.98. The molecule has 2 aromatic rings. The van der Waals surface area contributed by atoms with Crippen molar-refractivity contribution < 1.29 is 19.6 Å². The van der Waals surface area contributed by atoms with E-state index in [0.717, 1.165) is 11.3 Å². The van der Waals surface area contributed by atoms with Crippen LogP contribution in [0.5, 0.6) is 0 Å². The highest BCUT2D eigenvalue weighted by atomic mass is 16.6. The number of Topliss-reactive ketones (excluding diaryl/α,β-unsaturated/α-hetero) is 2. The Hall–Kier alpha value is -3.32. The summed E-state index contributed by atoms with van der Waals surface area (Å²) in [5, 5.41) is 25.6. The van der Waals surface area contributed by atoms with Crippen LogP contribution in [0, 0.1) is 23.0 Å². The maximum absolute atomic E-state index is 12.8. The van der Waals surface area contributed by atoms with Crippen molar-refractivity contribution in [2.45, 2.75) is 45.6 Å². The number of rotatable bonds is 6. The molecule has 3 rings (SSSR count). The van der Waals surface area contributed by atoms with Gasteiger partial charge in [0, 0.05) is 41.4 Å². The van der Waals surface area contributed by atoms with Crippen LogP contribution in [0.15, 0.2) is 59.8 Å². The molecule has 1 aliphatic rings. The summed E-state index contributed by atoms with van der Waals surface area (Å²) in [5.41, 5.74) is 1.87. The molecule has 162 valence electrons. The predicted octanol–water partition coefficient (Wildman–Crippen LogP) is 4.30. The van der Waals surface area contributed by atoms with Crippen LogP contribution in [-0.4, -0.2) is 27.2 Å². The number of non-ortho nitro benzene ring substituents is 1. The number of aliphatic hydroxyl groups is 1. The number of hydrogen-bond donors (Lipinski definition) is 2. The molecule has 0 amide bonds. The lowest BCUT2D eigenvalue weighted by Crippen LogP contribution is -2.48. The molecule has 7 nitrogen and oxygen atoms in total. The minimum atomic E-state index is -1.41. The minimum absolute atomic E-state index is 0.0861. The third kappa shape index (κ3) is 4.56. The molecule has 1 aliphatic carbocycles. The molecular formula is C24H26N2O5. The summed E-state index contributed by atoms with van der Waals surface area (Å²) in [6.45, 7) is 6.39. The number of ketones is 2. The van der Waals surface area contributed by atoms with Gasteiger partial charge in [-0.1, -0.05) is 29.8 Å². The van der Waals surface area contributed by atoms with Crippen molar-refractivity contribution in [1.82, 2.24) is 0 Å². The lowest BCUT2D eigenvalue weighted by molar-refractivity contribution is -0.384. The van der Waals surface area contributed by atoms with Gasteiger partial charge >= 0.3 is 0 Å². The zero-order chi connectivity index (χ0) is 22.9. The fourth-order valence-corrected chi connectivity index (χ4v) is 4.47. The van der Waals surface area contributed by atoms with E-state index in [4.69, 9.17) is 0 Å². The molecule has 3 atom stereocenters. The molecule has 0 saturated heterocycles. The van der Waals surface area contributed by atoms with Gasteiger partial charge in [0.15, 0.2) is 5.78 Å². The Balaban J connectivity index is 2.19. The van der Waals surface area contributed by atoms with E-state index in [9.17, 15) is 24.8 Å². The standard InChI is InChI=1S/C24H26N2O5/c1-14-5-9-18(10-6-14)25-20-13-24(4,29)23(16(3)28)22(21(20)15(2)27)17-7-11-19(12-8-17)26(30)31/h5-12,22-23,25,29H,13H2,1-4H3/t22-,23+,24-/m0/s1. The zero-order valence-electron chi connectivity index (χ0n) is 18.0. The van der Waals surface area contributed by atoms with Gasteiger partial charge in [-0.15, -0.1) is 0 Å². The van der Waals surface area contributed by atoms with Gasteiger partial charge in [-0.05, 0) is 45.4 Å². The molecule has 0 heterocycles. The Morgan fingerprint density at radius 1 is 1.10 bits per heavy atom. The van der Waals surface area contributed by atoms with Crippen molar-refractivity contribution in [3.05, 3.63) is 81.0 Å². The number of allylic oxidation sites excluding steroid dienone is 1. The highest BCUT2D eigenvalue weighted by Gasteiger charge is 2.49. The van der Waals surface area contributed by atoms with Crippen LogP contribution in [-0.2, 0) is 9.59 Å². The van der Waals surface area contributed by atoms with E-state index in [0.29, 0.717) is 16.8 Å². The van der Waals surface area contributed by atoms with Gasteiger partial charge in [0.25, 0.3) is 5.69 Å². The molecule has 0 spiro atoms. The van der Waals surface area contributed by atoms with Crippen molar-refractivity contribution >= 4 is 22.9 Å². The van der Waals surface area contributed by atoms with Gasteiger partial charge in [0.2, 0.25) is 0 Å². The molecule has 31 heavy (non-hydrogen) atoms. The first-order chi connectivity index (χ1) is 14.5. The second-order valence-electron chi connectivity index (χ2n) is 8.39. The maximum Gasteiger partial charge on any atom is 0.269 e. The van der Waals surface area contributed by atoms with Crippen LogP contribution < -0.4 is 5.32 Å². The number of anilines is 1. The van der Waals surface area contributed by atoms with E-state index < -0.39 is 22.4 Å². The van der Waals surface area contributed by atoms with Crippen molar-refractivity contribution in [1.29, 1.82) is 0 Å². The lowest BCUT2D eigenvalue weighted by atomic mass is 9.64. The Labute approximate surface area is 180 Å². The number of nitrogens with one attached hydrogen (secondary N) is 1. The zero-order valence-corrected chi connectivity index (χ0v) is 18.0. The lowest BCUT2D eigenvalue weighted by Gasteiger charge is -2.43. The molecule has 0 fully saturated rings. The first kappa shape index (κ1) is 22.4. The van der Waals surface area contributed by atoms with Crippen molar-refractivity contribution in [2.75, 3.05) is 5.32 Å². The van der Waals surface area contributed by atoms with E-state index in [1.807, 2.05) is 31.2 Å². The SMILES string of the molecule is CC(=O)C1=C(Nc2ccc(C)cc2)C[C@](C)(O)[C@H](C(C)=O)[C@H]1c1ccc([N+](=O)[O-])cc1. The van der Waals surface area contributed by atoms with Crippen LogP contribution in [0.25, 0.3) is 0 Å². The van der Waals surface area contributed by atoms with E-state index in [-0.39, 0.29) is 23.7 Å². The average Bonchev–Trinajstić information content (AvgIpc) is 2.68. The van der Waals surface area contributed by atoms with Crippen LogP contribution in [0.3, 0.4) is 0 Å². The summed E-state index contributed by atoms with van der Waals surface area (Å²) in [5.74, 6) is -2.06. The number of carbonyl (C=O) groups is 2. The number of aryl methyl sites for hydroxylation is 1. The summed E-state index contributed by atoms with van der Waals surface area (Å²) in [4.78, 5) is 36.0. The number of benzene rings is 2. The average molecular weight is 422 g/mol. The van der Waals surface area contributed by atoms with Crippen molar-refractivity contribution in [2.24, 2.45) is 5.92 Å². The molecule has 0 aromatic heterocycles. The van der Waals surface area contributed by atoms with E-state index in [1.54, 1.807) is 19.1 Å². The largest absolute Gasteiger partial charge is 0.389 e. The van der Waals surface area contributed by atoms with Gasteiger partial charge in [-0.3, -0.25) is 19.7 Å². The topological polar surface area (TPSA) is 110 Å². The molecule has 0 aliphatic heterocycles. The van der Waals surface area contributed by atoms with Gasteiger partial charge in [0.1, 0.15) is 5.78 Å². The van der Waals surface area contributed by atoms with Gasteiger partial charge < -0.3 is 10.4 Å². The Morgan fingerprint density at radius 2 is 1.68 bits per heavy atom. The Kier molecular flexibility index (Phi) is 6.08. The first-order valence-electron chi connectivity index (χ1n) is 10.1. The highest BCUT2D eigenvalue weighted by Crippen LogP contribution is 2.48. The molecule has 0 bridgehead atoms. The van der Waals surface area contributed by atoms with Crippen LogP contribution >= 0.6 is 0 Å². The monoisotopic (exact) mass is 422 g/mol. The predicted molar refractivity (Wildman–Crippen MR) is 118 cm³/mol. The number of carbonyl (C=O) groups excluding carboxylic acids is 2. The number of nitro groups is 1. The normalized spacial score (nSPS) is 23.4. The second kappa shape index (κ2) is 8.43. The van der Waals surface area contributed by atoms with Crippen LogP contribution in [0.1, 0.15) is 44.2 Å². The number of hydrogen-bond acceptors (Lipinski definition) is 6. The summed E-state index contributed by atoms with van der Waals surface area (Å²) >= 11 is 0. The fourth-order valence-electron chi connectivity index (χ4n) is 4.47. The molecule has 2 aromatic carbocycles. The Bertz CT molecular complexity index is 1050. The minimum Gasteiger partial charge on any atom is -0.389 e. The summed E-state index contributed by atoms with van der Waals surface area (Å²) < 4.78 is 0. The smallest absolute Gasteiger partial charge is 0.269 e. The Morgan fingerprint density at radius 3 is 2.16 bits per heavy atom. The van der Waals surface area contributed by atoms with Crippen LogP contribution in [0.2, 0.25) is 0 Å². The summed E-state index contributed by atoms with van der Waals surface area (Å²) in [7, 11) is 0. The molecule has 0 unspecified atom stereocenters. The van der Waals surface area contributed by atoms with Gasteiger partial charge in [0.05, 0.1) is 16.4 Å². The number of nitrogens with zero attached hydrogens (tertiary/aromatic N) is 1. The molecule has 0 radical (unpaired) electrons. The maximum atomic E-state index is 12.8. The number of nitro benzene ring substituents is 1. The molecular weight excluding hydrogens is 396 g/mol. The molecule has 7 heteroatoms. The van der Waals surface area contributed by atoms with E-state index in [2.05, 4.69) is 5.32 Å². The summed E-state index contributed by atoms with van der Waals surface area (Å²) in [6.07, 6.45) is 0.101. The fraction of sp³-hybridized carbons (Fsp3) is 0.333. The van der Waals surface area contributed by atoms with E-state index >= 15 is 0 Å². The molecule has 0 saturated carbocycles. The van der Waals surface area contributed by atoms with Crippen LogP contribution in [0.4, 0.5) is 11.4 Å².